The highest BCUT2D eigenvalue weighted by Gasteiger charge is 2.31. The first-order valence-corrected chi connectivity index (χ1v) is 9.43. The van der Waals surface area contributed by atoms with Gasteiger partial charge in [0.15, 0.2) is 0 Å². The number of H-pyrrole nitrogens is 1. The van der Waals surface area contributed by atoms with Crippen molar-refractivity contribution in [1.29, 1.82) is 0 Å². The van der Waals surface area contributed by atoms with E-state index in [0.717, 1.165) is 52.0 Å². The molecule has 0 aromatic carbocycles. The second-order valence-corrected chi connectivity index (χ2v) is 7.37. The molecule has 0 spiro atoms. The standard InChI is InChI=1S/C18H29N5O3/c1-12-21-15(8-17(24)22-12)9-20-18(25)13-2-3-14(19)11-23(10-13)16-4-6-26-7-5-16/h8,13-14,16H,2-7,9-11,19H2,1H3,(H,20,25)(H,21,22,24)/t13-,14+/m1/s1. The van der Waals surface area contributed by atoms with Crippen molar-refractivity contribution in [3.05, 3.63) is 27.9 Å². The highest BCUT2D eigenvalue weighted by molar-refractivity contribution is 5.78. The number of aryl methyl sites for hydroxylation is 1. The summed E-state index contributed by atoms with van der Waals surface area (Å²) < 4.78 is 5.46. The molecule has 8 heteroatoms. The van der Waals surface area contributed by atoms with Gasteiger partial charge in [0.05, 0.1) is 18.2 Å². The Morgan fingerprint density at radius 3 is 2.85 bits per heavy atom. The number of amides is 1. The summed E-state index contributed by atoms with van der Waals surface area (Å²) in [5.41, 5.74) is 6.61. The Hall–Kier alpha value is -1.77. The number of rotatable bonds is 4. The van der Waals surface area contributed by atoms with Gasteiger partial charge in [-0.05, 0) is 32.6 Å². The fourth-order valence-corrected chi connectivity index (χ4v) is 3.87. The van der Waals surface area contributed by atoms with Crippen LogP contribution in [0.4, 0.5) is 0 Å². The maximum atomic E-state index is 12.7. The molecule has 8 nitrogen and oxygen atoms in total. The summed E-state index contributed by atoms with van der Waals surface area (Å²) in [6.45, 7) is 5.12. The minimum atomic E-state index is -0.201. The van der Waals surface area contributed by atoms with Gasteiger partial charge in [-0.15, -0.1) is 0 Å². The van der Waals surface area contributed by atoms with Crippen molar-refractivity contribution in [3.8, 4) is 0 Å². The molecular formula is C18H29N5O3. The topological polar surface area (TPSA) is 113 Å². The Morgan fingerprint density at radius 2 is 2.12 bits per heavy atom. The molecule has 2 fully saturated rings. The average molecular weight is 363 g/mol. The predicted molar refractivity (Wildman–Crippen MR) is 97.6 cm³/mol. The largest absolute Gasteiger partial charge is 0.381 e. The van der Waals surface area contributed by atoms with Gasteiger partial charge in [-0.1, -0.05) is 0 Å². The van der Waals surface area contributed by atoms with Crippen LogP contribution in [-0.4, -0.2) is 59.2 Å². The zero-order valence-corrected chi connectivity index (χ0v) is 15.4. The molecule has 2 saturated heterocycles. The van der Waals surface area contributed by atoms with Crippen LogP contribution >= 0.6 is 0 Å². The molecule has 0 unspecified atom stereocenters. The Morgan fingerprint density at radius 1 is 1.35 bits per heavy atom. The van der Waals surface area contributed by atoms with Gasteiger partial charge in [-0.3, -0.25) is 14.5 Å². The van der Waals surface area contributed by atoms with Crippen LogP contribution in [0.15, 0.2) is 10.9 Å². The number of ether oxygens (including phenoxy) is 1. The van der Waals surface area contributed by atoms with Gasteiger partial charge in [0.1, 0.15) is 5.82 Å². The summed E-state index contributed by atoms with van der Waals surface area (Å²) in [5, 5.41) is 2.94. The number of hydrogen-bond donors (Lipinski definition) is 3. The minimum absolute atomic E-state index is 0.0101. The second kappa shape index (κ2) is 8.75. The monoisotopic (exact) mass is 363 g/mol. The second-order valence-electron chi connectivity index (χ2n) is 7.37. The van der Waals surface area contributed by atoms with E-state index >= 15 is 0 Å². The Bertz CT molecular complexity index is 671. The highest BCUT2D eigenvalue weighted by Crippen LogP contribution is 2.22. The first-order valence-electron chi connectivity index (χ1n) is 9.43. The van der Waals surface area contributed by atoms with Gasteiger partial charge in [0.25, 0.3) is 5.56 Å². The zero-order valence-electron chi connectivity index (χ0n) is 15.4. The van der Waals surface area contributed by atoms with Crippen molar-refractivity contribution in [2.24, 2.45) is 11.7 Å². The number of carbonyl (C=O) groups is 1. The number of aromatic amines is 1. The van der Waals surface area contributed by atoms with Crippen molar-refractivity contribution in [2.45, 2.75) is 51.2 Å². The van der Waals surface area contributed by atoms with Crippen molar-refractivity contribution in [2.75, 3.05) is 26.3 Å². The predicted octanol–water partition coefficient (Wildman–Crippen LogP) is -0.0872. The van der Waals surface area contributed by atoms with Crippen LogP contribution in [0, 0.1) is 12.8 Å². The van der Waals surface area contributed by atoms with Gasteiger partial charge in [-0.2, -0.15) is 0 Å². The molecule has 1 amide bonds. The van der Waals surface area contributed by atoms with Crippen molar-refractivity contribution >= 4 is 5.91 Å². The third-order valence-electron chi connectivity index (χ3n) is 5.24. The van der Waals surface area contributed by atoms with E-state index in [-0.39, 0.29) is 30.0 Å². The lowest BCUT2D eigenvalue weighted by molar-refractivity contribution is -0.126. The highest BCUT2D eigenvalue weighted by atomic mass is 16.5. The van der Waals surface area contributed by atoms with E-state index in [9.17, 15) is 9.59 Å². The maximum Gasteiger partial charge on any atom is 0.251 e. The summed E-state index contributed by atoms with van der Waals surface area (Å²) in [4.78, 5) is 33.5. The van der Waals surface area contributed by atoms with E-state index in [1.165, 1.54) is 6.07 Å². The van der Waals surface area contributed by atoms with Gasteiger partial charge < -0.3 is 20.8 Å². The Balaban J connectivity index is 1.60. The van der Waals surface area contributed by atoms with E-state index in [1.54, 1.807) is 6.92 Å². The molecule has 0 radical (unpaired) electrons. The number of carbonyl (C=O) groups excluding carboxylic acids is 1. The maximum absolute atomic E-state index is 12.7. The summed E-state index contributed by atoms with van der Waals surface area (Å²) in [7, 11) is 0. The normalized spacial score (nSPS) is 25.6. The minimum Gasteiger partial charge on any atom is -0.381 e. The summed E-state index contributed by atoms with van der Waals surface area (Å²) in [5.74, 6) is 0.471. The molecule has 2 aliphatic heterocycles. The quantitative estimate of drug-likeness (QED) is 0.689. The molecule has 0 aliphatic carbocycles. The third-order valence-corrected chi connectivity index (χ3v) is 5.24. The lowest BCUT2D eigenvalue weighted by atomic mass is 10.0. The van der Waals surface area contributed by atoms with Crippen molar-refractivity contribution < 1.29 is 9.53 Å². The molecule has 2 aliphatic rings. The molecule has 2 atom stereocenters. The van der Waals surface area contributed by atoms with Crippen LogP contribution < -0.4 is 16.6 Å². The molecule has 144 valence electrons. The SMILES string of the molecule is Cc1nc(CNC(=O)[C@@H]2CC[C@H](N)CN(C3CCOCC3)C2)cc(=O)[nH]1. The third kappa shape index (κ3) is 5.12. The fourth-order valence-electron chi connectivity index (χ4n) is 3.87. The number of hydrogen-bond acceptors (Lipinski definition) is 6. The summed E-state index contributed by atoms with van der Waals surface area (Å²) in [6, 6.07) is 1.97. The Labute approximate surface area is 153 Å². The molecule has 0 saturated carbocycles. The fraction of sp³-hybridized carbons (Fsp3) is 0.722. The average Bonchev–Trinajstić information content (AvgIpc) is 2.81. The van der Waals surface area contributed by atoms with E-state index in [1.807, 2.05) is 0 Å². The molecular weight excluding hydrogens is 334 g/mol. The van der Waals surface area contributed by atoms with Crippen LogP contribution in [0.5, 0.6) is 0 Å². The number of likely N-dealkylation sites (tertiary alicyclic amines) is 1. The van der Waals surface area contributed by atoms with Gasteiger partial charge in [0, 0.05) is 44.5 Å². The van der Waals surface area contributed by atoms with Crippen LogP contribution in [0.1, 0.15) is 37.2 Å². The molecule has 3 heterocycles. The van der Waals surface area contributed by atoms with Crippen LogP contribution in [0.25, 0.3) is 0 Å². The van der Waals surface area contributed by atoms with Crippen molar-refractivity contribution in [1.82, 2.24) is 20.2 Å². The molecule has 3 rings (SSSR count). The smallest absolute Gasteiger partial charge is 0.251 e. The molecule has 0 bridgehead atoms. The number of aromatic nitrogens is 2. The van der Waals surface area contributed by atoms with E-state index < -0.39 is 0 Å². The summed E-state index contributed by atoms with van der Waals surface area (Å²) >= 11 is 0. The lowest BCUT2D eigenvalue weighted by Crippen LogP contribution is -2.47. The Kier molecular flexibility index (Phi) is 6.39. The summed E-state index contributed by atoms with van der Waals surface area (Å²) in [6.07, 6.45) is 3.63. The first kappa shape index (κ1) is 19.0. The van der Waals surface area contributed by atoms with Gasteiger partial charge in [0.2, 0.25) is 5.91 Å². The number of nitrogens with zero attached hydrogens (tertiary/aromatic N) is 2. The number of nitrogens with two attached hydrogens (primary N) is 1. The van der Waals surface area contributed by atoms with Crippen LogP contribution in [0.3, 0.4) is 0 Å². The van der Waals surface area contributed by atoms with E-state index in [0.29, 0.717) is 17.6 Å². The number of nitrogens with one attached hydrogen (secondary N) is 2. The van der Waals surface area contributed by atoms with Gasteiger partial charge in [-0.25, -0.2) is 4.98 Å². The molecule has 4 N–H and O–H groups in total. The molecule has 1 aromatic rings. The zero-order chi connectivity index (χ0) is 18.5. The molecule has 1 aromatic heterocycles. The van der Waals surface area contributed by atoms with Crippen molar-refractivity contribution in [3.63, 3.8) is 0 Å². The van der Waals surface area contributed by atoms with E-state index in [2.05, 4.69) is 20.2 Å². The van der Waals surface area contributed by atoms with E-state index in [4.69, 9.17) is 10.5 Å². The van der Waals surface area contributed by atoms with Crippen LogP contribution in [0.2, 0.25) is 0 Å². The lowest BCUT2D eigenvalue weighted by Gasteiger charge is -2.35. The first-order chi connectivity index (χ1) is 12.5. The molecule has 26 heavy (non-hydrogen) atoms. The van der Waals surface area contributed by atoms with Gasteiger partial charge >= 0.3 is 0 Å². The van der Waals surface area contributed by atoms with Crippen LogP contribution in [-0.2, 0) is 16.1 Å².